The van der Waals surface area contributed by atoms with Crippen LogP contribution in [0.4, 0.5) is 0 Å². The first-order valence-corrected chi connectivity index (χ1v) is 12.0. The second-order valence-electron chi connectivity index (χ2n) is 8.15. The van der Waals surface area contributed by atoms with Crippen LogP contribution in [-0.4, -0.2) is 51.1 Å². The van der Waals surface area contributed by atoms with Crippen LogP contribution in [0.5, 0.6) is 17.2 Å². The minimum absolute atomic E-state index is 0.0208. The van der Waals surface area contributed by atoms with E-state index in [2.05, 4.69) is 18.2 Å². The zero-order valence-corrected chi connectivity index (χ0v) is 20.1. The number of hydrogen-bond acceptors (Lipinski definition) is 5. The van der Waals surface area contributed by atoms with Crippen LogP contribution in [0.2, 0.25) is 6.32 Å². The highest BCUT2D eigenvalue weighted by atomic mass is 16.5. The number of ether oxygens (including phenoxy) is 3. The average molecular weight is 480 g/mol. The van der Waals surface area contributed by atoms with Crippen LogP contribution in [0.15, 0.2) is 91.0 Å². The van der Waals surface area contributed by atoms with Gasteiger partial charge in [0.2, 0.25) is 0 Å². The standard InChI is InChI=1S/C30H29BO5/c31-13-16-34-28-7-1-22(2-8-28)25-19-26(23-3-9-29(10-4-23)35-17-14-32)21-27(20-25)24-5-11-30(12-6-24)36-18-15-33/h1-12,19-21,32-33H,13-18H2. The molecule has 0 aliphatic rings. The van der Waals surface area contributed by atoms with Crippen LogP contribution < -0.4 is 14.2 Å². The summed E-state index contributed by atoms with van der Waals surface area (Å²) in [4.78, 5) is 0. The van der Waals surface area contributed by atoms with Gasteiger partial charge in [-0.2, -0.15) is 0 Å². The van der Waals surface area contributed by atoms with E-state index in [1.807, 2.05) is 72.8 Å². The highest BCUT2D eigenvalue weighted by molar-refractivity contribution is 6.08. The second-order valence-corrected chi connectivity index (χ2v) is 8.15. The number of hydrogen-bond donors (Lipinski definition) is 2. The first-order valence-electron chi connectivity index (χ1n) is 12.0. The van der Waals surface area contributed by atoms with E-state index in [0.29, 0.717) is 12.9 Å². The lowest BCUT2D eigenvalue weighted by atomic mass is 9.93. The lowest BCUT2D eigenvalue weighted by molar-refractivity contribution is 0.201. The fraction of sp³-hybridized carbons (Fsp3) is 0.200. The second kappa shape index (κ2) is 12.8. The van der Waals surface area contributed by atoms with Crippen LogP contribution in [0.3, 0.4) is 0 Å². The van der Waals surface area contributed by atoms with Crippen LogP contribution >= 0.6 is 0 Å². The molecule has 5 nitrogen and oxygen atoms in total. The van der Waals surface area contributed by atoms with Crippen molar-refractivity contribution in [1.82, 2.24) is 0 Å². The fourth-order valence-electron chi connectivity index (χ4n) is 3.86. The first-order chi connectivity index (χ1) is 17.7. The molecule has 0 saturated carbocycles. The van der Waals surface area contributed by atoms with Gasteiger partial charge in [-0.3, -0.25) is 0 Å². The molecular weight excluding hydrogens is 451 g/mol. The Morgan fingerprint density at radius 2 is 0.750 bits per heavy atom. The maximum absolute atomic E-state index is 9.00. The predicted molar refractivity (Wildman–Crippen MR) is 144 cm³/mol. The van der Waals surface area contributed by atoms with E-state index in [-0.39, 0.29) is 26.4 Å². The normalized spacial score (nSPS) is 10.7. The van der Waals surface area contributed by atoms with E-state index in [1.54, 1.807) is 0 Å². The van der Waals surface area contributed by atoms with Crippen molar-refractivity contribution in [2.45, 2.75) is 6.32 Å². The molecule has 0 bridgehead atoms. The average Bonchev–Trinajstić information content (AvgIpc) is 2.94. The van der Waals surface area contributed by atoms with E-state index in [1.165, 1.54) is 0 Å². The molecule has 0 heterocycles. The van der Waals surface area contributed by atoms with Gasteiger partial charge in [0.1, 0.15) is 30.5 Å². The van der Waals surface area contributed by atoms with E-state index in [4.69, 9.17) is 32.3 Å². The molecule has 0 aromatic heterocycles. The van der Waals surface area contributed by atoms with Crippen LogP contribution in [-0.2, 0) is 0 Å². The van der Waals surface area contributed by atoms with Gasteiger partial charge >= 0.3 is 0 Å². The molecule has 4 aromatic rings. The van der Waals surface area contributed by atoms with Gasteiger partial charge in [-0.15, -0.1) is 0 Å². The van der Waals surface area contributed by atoms with Crippen molar-refractivity contribution in [3.63, 3.8) is 0 Å². The van der Waals surface area contributed by atoms with Gasteiger partial charge in [0.05, 0.1) is 27.7 Å². The van der Waals surface area contributed by atoms with Crippen LogP contribution in [0, 0.1) is 0 Å². The molecule has 0 fully saturated rings. The fourth-order valence-corrected chi connectivity index (χ4v) is 3.86. The molecule has 0 saturated heterocycles. The van der Waals surface area contributed by atoms with Crippen molar-refractivity contribution in [3.05, 3.63) is 91.0 Å². The Bertz CT molecular complexity index is 1050. The van der Waals surface area contributed by atoms with Gasteiger partial charge in [0.15, 0.2) is 0 Å². The van der Waals surface area contributed by atoms with Crippen molar-refractivity contribution in [2.24, 2.45) is 0 Å². The SMILES string of the molecule is [B]CCOc1ccc(-c2cc(-c3ccc(OCCO)cc3)cc(-c3ccc(OCCO)cc3)c2)cc1. The van der Waals surface area contributed by atoms with Crippen molar-refractivity contribution < 1.29 is 24.4 Å². The molecule has 182 valence electrons. The molecule has 2 radical (unpaired) electrons. The Balaban J connectivity index is 1.70. The molecule has 2 N–H and O–H groups in total. The predicted octanol–water partition coefficient (Wildman–Crippen LogP) is 5.40. The smallest absolute Gasteiger partial charge is 0.119 e. The summed E-state index contributed by atoms with van der Waals surface area (Å²) in [6, 6.07) is 30.2. The minimum atomic E-state index is -0.0208. The van der Waals surface area contributed by atoms with Crippen molar-refractivity contribution >= 4 is 7.85 Å². The van der Waals surface area contributed by atoms with Gasteiger partial charge in [-0.25, -0.2) is 0 Å². The third kappa shape index (κ3) is 6.69. The van der Waals surface area contributed by atoms with Crippen LogP contribution in [0.25, 0.3) is 33.4 Å². The number of aliphatic hydroxyl groups excluding tert-OH is 2. The molecule has 36 heavy (non-hydrogen) atoms. The summed E-state index contributed by atoms with van der Waals surface area (Å²) in [5.74, 6) is 2.23. The Labute approximate surface area is 213 Å². The first kappa shape index (κ1) is 25.4. The Kier molecular flexibility index (Phi) is 9.03. The maximum Gasteiger partial charge on any atom is 0.119 e. The lowest BCUT2D eigenvalue weighted by Crippen LogP contribution is -2.01. The number of benzene rings is 4. The monoisotopic (exact) mass is 480 g/mol. The van der Waals surface area contributed by atoms with E-state index >= 15 is 0 Å². The number of rotatable bonds is 12. The van der Waals surface area contributed by atoms with E-state index < -0.39 is 0 Å². The Hall–Kier alpha value is -3.74. The molecule has 0 spiro atoms. The maximum atomic E-state index is 9.00. The summed E-state index contributed by atoms with van der Waals surface area (Å²) < 4.78 is 16.7. The van der Waals surface area contributed by atoms with Crippen molar-refractivity contribution in [2.75, 3.05) is 33.0 Å². The molecule has 6 heteroatoms. The summed E-state index contributed by atoms with van der Waals surface area (Å²) in [6.45, 7) is 0.971. The zero-order chi connectivity index (χ0) is 25.2. The van der Waals surface area contributed by atoms with Crippen molar-refractivity contribution in [1.29, 1.82) is 0 Å². The summed E-state index contributed by atoms with van der Waals surface area (Å²) >= 11 is 0. The van der Waals surface area contributed by atoms with Gasteiger partial charge in [-0.05, 0) is 88.0 Å². The Morgan fingerprint density at radius 3 is 1.03 bits per heavy atom. The highest BCUT2D eigenvalue weighted by Gasteiger charge is 2.09. The van der Waals surface area contributed by atoms with Crippen LogP contribution in [0.1, 0.15) is 0 Å². The molecule has 4 aromatic carbocycles. The van der Waals surface area contributed by atoms with Crippen molar-refractivity contribution in [3.8, 4) is 50.6 Å². The van der Waals surface area contributed by atoms with E-state index in [9.17, 15) is 0 Å². The summed E-state index contributed by atoms with van der Waals surface area (Å²) in [7, 11) is 5.54. The highest BCUT2D eigenvalue weighted by Crippen LogP contribution is 2.34. The topological polar surface area (TPSA) is 68.2 Å². The molecule has 4 rings (SSSR count). The largest absolute Gasteiger partial charge is 0.494 e. The quantitative estimate of drug-likeness (QED) is 0.266. The molecule has 0 aliphatic heterocycles. The minimum Gasteiger partial charge on any atom is -0.494 e. The van der Waals surface area contributed by atoms with Gasteiger partial charge in [0, 0.05) is 0 Å². The Morgan fingerprint density at radius 1 is 0.444 bits per heavy atom. The third-order valence-electron chi connectivity index (χ3n) is 5.60. The molecule has 0 unspecified atom stereocenters. The zero-order valence-electron chi connectivity index (χ0n) is 20.1. The molecule has 0 atom stereocenters. The molecule has 0 amide bonds. The molecular formula is C30H29BO5. The van der Waals surface area contributed by atoms with E-state index in [0.717, 1.165) is 50.6 Å². The number of aliphatic hydroxyl groups is 2. The third-order valence-corrected chi connectivity index (χ3v) is 5.60. The van der Waals surface area contributed by atoms with Gasteiger partial charge in [0.25, 0.3) is 0 Å². The summed E-state index contributed by atoms with van der Waals surface area (Å²) in [5.41, 5.74) is 6.40. The van der Waals surface area contributed by atoms with Gasteiger partial charge < -0.3 is 24.4 Å². The lowest BCUT2D eigenvalue weighted by Gasteiger charge is -2.13. The van der Waals surface area contributed by atoms with Gasteiger partial charge in [-0.1, -0.05) is 42.7 Å². The summed E-state index contributed by atoms with van der Waals surface area (Å²) in [6.07, 6.45) is 0.473. The molecule has 0 aliphatic carbocycles. The summed E-state index contributed by atoms with van der Waals surface area (Å²) in [5, 5.41) is 18.0.